The molecule has 3 N–H and O–H groups in total. The van der Waals surface area contributed by atoms with Crippen LogP contribution in [-0.4, -0.2) is 11.1 Å². The largest absolute Gasteiger partial charge is 0.481 e. The molecule has 0 amide bonds. The Kier molecular flexibility index (Phi) is 3.81. The number of carboxylic acids is 1. The van der Waals surface area contributed by atoms with Gasteiger partial charge in [-0.25, -0.2) is 0 Å². The van der Waals surface area contributed by atoms with Gasteiger partial charge < -0.3 is 10.8 Å². The van der Waals surface area contributed by atoms with Crippen molar-refractivity contribution in [3.05, 3.63) is 19.8 Å². The lowest BCUT2D eigenvalue weighted by Crippen LogP contribution is -2.35. The van der Waals surface area contributed by atoms with E-state index in [0.29, 0.717) is 4.34 Å². The topological polar surface area (TPSA) is 63.3 Å². The highest BCUT2D eigenvalue weighted by molar-refractivity contribution is 9.10. The van der Waals surface area contributed by atoms with Crippen LogP contribution in [0.4, 0.5) is 0 Å². The molecule has 1 rings (SSSR count). The summed E-state index contributed by atoms with van der Waals surface area (Å²) in [6.45, 7) is 3.20. The minimum atomic E-state index is -1.01. The molecule has 0 spiro atoms. The molecule has 1 heterocycles. The van der Waals surface area contributed by atoms with Crippen molar-refractivity contribution in [1.82, 2.24) is 0 Å². The first-order valence-electron chi connectivity index (χ1n) is 4.20. The fourth-order valence-electron chi connectivity index (χ4n) is 1.01. The van der Waals surface area contributed by atoms with Gasteiger partial charge in [-0.3, -0.25) is 4.79 Å². The van der Waals surface area contributed by atoms with E-state index in [9.17, 15) is 4.79 Å². The molecule has 15 heavy (non-hydrogen) atoms. The number of hydrogen-bond donors (Lipinski definition) is 2. The SMILES string of the molecule is CC(C)(C(=O)O)C(N)c1cc(Br)c(Cl)s1. The monoisotopic (exact) mass is 311 g/mol. The first-order valence-corrected chi connectivity index (χ1v) is 6.19. The molecule has 1 atom stereocenters. The average Bonchev–Trinajstić information content (AvgIpc) is 2.45. The first-order chi connectivity index (χ1) is 6.76. The van der Waals surface area contributed by atoms with E-state index in [2.05, 4.69) is 15.9 Å². The van der Waals surface area contributed by atoms with Gasteiger partial charge in [0.25, 0.3) is 0 Å². The molecule has 0 saturated carbocycles. The van der Waals surface area contributed by atoms with E-state index in [1.165, 1.54) is 11.3 Å². The lowest BCUT2D eigenvalue weighted by Gasteiger charge is -2.25. The smallest absolute Gasteiger partial charge is 0.311 e. The van der Waals surface area contributed by atoms with Gasteiger partial charge in [0.1, 0.15) is 4.34 Å². The van der Waals surface area contributed by atoms with Crippen LogP contribution in [0.15, 0.2) is 10.5 Å². The highest BCUT2D eigenvalue weighted by Gasteiger charge is 2.36. The molecule has 3 nitrogen and oxygen atoms in total. The maximum absolute atomic E-state index is 11.0. The molecule has 0 aromatic carbocycles. The Hall–Kier alpha value is -0.100. The highest BCUT2D eigenvalue weighted by Crippen LogP contribution is 2.40. The minimum absolute atomic E-state index is 0.566. The summed E-state index contributed by atoms with van der Waals surface area (Å²) in [5, 5.41) is 9.03. The van der Waals surface area contributed by atoms with Gasteiger partial charge in [-0.15, -0.1) is 11.3 Å². The van der Waals surface area contributed by atoms with Crippen molar-refractivity contribution in [2.75, 3.05) is 0 Å². The van der Waals surface area contributed by atoms with Gasteiger partial charge in [-0.2, -0.15) is 0 Å². The lowest BCUT2D eigenvalue weighted by molar-refractivity contribution is -0.148. The molecule has 1 aromatic rings. The quantitative estimate of drug-likeness (QED) is 0.900. The number of carboxylic acid groups (broad SMARTS) is 1. The molecular weight excluding hydrogens is 302 g/mol. The third kappa shape index (κ3) is 2.53. The Bertz CT molecular complexity index is 372. The Morgan fingerprint density at radius 3 is 2.60 bits per heavy atom. The lowest BCUT2D eigenvalue weighted by atomic mass is 9.84. The van der Waals surface area contributed by atoms with Gasteiger partial charge in [0, 0.05) is 9.35 Å². The average molecular weight is 313 g/mol. The summed E-state index contributed by atoms with van der Waals surface area (Å²) in [5.41, 5.74) is 4.90. The van der Waals surface area contributed by atoms with Crippen LogP contribution < -0.4 is 5.73 Å². The molecule has 0 radical (unpaired) electrons. The zero-order valence-corrected chi connectivity index (χ0v) is 11.4. The number of carbonyl (C=O) groups is 1. The number of hydrogen-bond acceptors (Lipinski definition) is 3. The van der Waals surface area contributed by atoms with Gasteiger partial charge >= 0.3 is 5.97 Å². The molecule has 84 valence electrons. The van der Waals surface area contributed by atoms with E-state index in [1.807, 2.05) is 0 Å². The van der Waals surface area contributed by atoms with E-state index in [0.717, 1.165) is 9.35 Å². The Morgan fingerprint density at radius 2 is 2.27 bits per heavy atom. The predicted molar refractivity (Wildman–Crippen MR) is 65.4 cm³/mol. The fourth-order valence-corrected chi connectivity index (χ4v) is 2.93. The van der Waals surface area contributed by atoms with Crippen LogP contribution >= 0.6 is 38.9 Å². The molecule has 1 aromatic heterocycles. The molecule has 1 unspecified atom stereocenters. The maximum Gasteiger partial charge on any atom is 0.311 e. The molecule has 0 aliphatic heterocycles. The normalized spacial score (nSPS) is 13.9. The fraction of sp³-hybridized carbons (Fsp3) is 0.444. The molecule has 0 saturated heterocycles. The third-order valence-electron chi connectivity index (χ3n) is 2.30. The molecule has 0 fully saturated rings. The summed E-state index contributed by atoms with van der Waals surface area (Å²) >= 11 is 10.4. The van der Waals surface area contributed by atoms with Crippen LogP contribution in [0.2, 0.25) is 4.34 Å². The Morgan fingerprint density at radius 1 is 1.73 bits per heavy atom. The Labute approximate surface area is 105 Å². The van der Waals surface area contributed by atoms with E-state index >= 15 is 0 Å². The van der Waals surface area contributed by atoms with E-state index in [1.54, 1.807) is 19.9 Å². The standard InChI is InChI=1S/C9H11BrClNO2S/c1-9(2,8(13)14)6(12)5-3-4(10)7(11)15-5/h3,6H,12H2,1-2H3,(H,13,14). The predicted octanol–water partition coefficient (Wildman–Crippen LogP) is 3.27. The zero-order valence-electron chi connectivity index (χ0n) is 8.25. The van der Waals surface area contributed by atoms with Crippen molar-refractivity contribution in [2.24, 2.45) is 11.1 Å². The second-order valence-corrected chi connectivity index (χ2v) is 6.32. The maximum atomic E-state index is 11.0. The van der Waals surface area contributed by atoms with Gasteiger partial charge in [0.15, 0.2) is 0 Å². The third-order valence-corrected chi connectivity index (χ3v) is 4.86. The Balaban J connectivity index is 3.04. The molecule has 0 aliphatic carbocycles. The zero-order chi connectivity index (χ0) is 11.8. The first kappa shape index (κ1) is 13.0. The van der Waals surface area contributed by atoms with Gasteiger partial charge in [-0.05, 0) is 35.8 Å². The van der Waals surface area contributed by atoms with Crippen molar-refractivity contribution in [3.63, 3.8) is 0 Å². The molecule has 0 aliphatic rings. The number of rotatable bonds is 3. The second-order valence-electron chi connectivity index (χ2n) is 3.77. The van der Waals surface area contributed by atoms with E-state index in [-0.39, 0.29) is 0 Å². The summed E-state index contributed by atoms with van der Waals surface area (Å²) in [5.74, 6) is -0.921. The van der Waals surface area contributed by atoms with Crippen molar-refractivity contribution >= 4 is 44.8 Å². The summed E-state index contributed by atoms with van der Waals surface area (Å²) in [4.78, 5) is 11.8. The summed E-state index contributed by atoms with van der Waals surface area (Å²) < 4.78 is 1.34. The van der Waals surface area contributed by atoms with Crippen molar-refractivity contribution < 1.29 is 9.90 Å². The summed E-state index contributed by atoms with van der Waals surface area (Å²) in [6.07, 6.45) is 0. The van der Waals surface area contributed by atoms with Crippen LogP contribution in [-0.2, 0) is 4.79 Å². The van der Waals surface area contributed by atoms with Crippen LogP contribution in [0.1, 0.15) is 24.8 Å². The molecular formula is C9H11BrClNO2S. The van der Waals surface area contributed by atoms with E-state index < -0.39 is 17.4 Å². The number of thiophene rings is 1. The van der Waals surface area contributed by atoms with Gasteiger partial charge in [0.2, 0.25) is 0 Å². The van der Waals surface area contributed by atoms with Crippen LogP contribution in [0.25, 0.3) is 0 Å². The van der Waals surface area contributed by atoms with Crippen LogP contribution in [0.5, 0.6) is 0 Å². The number of nitrogens with two attached hydrogens (primary N) is 1. The van der Waals surface area contributed by atoms with Crippen molar-refractivity contribution in [3.8, 4) is 0 Å². The number of aliphatic carboxylic acids is 1. The van der Waals surface area contributed by atoms with Crippen molar-refractivity contribution in [2.45, 2.75) is 19.9 Å². The molecule has 0 bridgehead atoms. The number of halogens is 2. The summed E-state index contributed by atoms with van der Waals surface area (Å²) in [7, 11) is 0. The van der Waals surface area contributed by atoms with Crippen molar-refractivity contribution in [1.29, 1.82) is 0 Å². The van der Waals surface area contributed by atoms with E-state index in [4.69, 9.17) is 22.4 Å². The summed E-state index contributed by atoms with van der Waals surface area (Å²) in [6, 6.07) is 1.20. The second kappa shape index (κ2) is 4.41. The highest BCUT2D eigenvalue weighted by atomic mass is 79.9. The van der Waals surface area contributed by atoms with Gasteiger partial charge in [0.05, 0.1) is 11.5 Å². The van der Waals surface area contributed by atoms with Crippen LogP contribution in [0.3, 0.4) is 0 Å². The van der Waals surface area contributed by atoms with Crippen LogP contribution in [0, 0.1) is 5.41 Å². The molecule has 6 heteroatoms. The van der Waals surface area contributed by atoms with Gasteiger partial charge in [-0.1, -0.05) is 11.6 Å². The minimum Gasteiger partial charge on any atom is -0.481 e.